The van der Waals surface area contributed by atoms with Gasteiger partial charge in [-0.3, -0.25) is 4.90 Å². The van der Waals surface area contributed by atoms with E-state index in [1.807, 2.05) is 0 Å². The van der Waals surface area contributed by atoms with Gasteiger partial charge in [0.1, 0.15) is 0 Å². The zero-order valence-electron chi connectivity index (χ0n) is 12.2. The number of hydrogen-bond donors (Lipinski definition) is 1. The molecule has 3 heteroatoms. The highest BCUT2D eigenvalue weighted by atomic mass is 16.5. The molecule has 0 aromatic rings. The zero-order chi connectivity index (χ0) is 12.8. The van der Waals surface area contributed by atoms with Crippen molar-refractivity contribution in [2.45, 2.75) is 52.0 Å². The number of nitrogens with zero attached hydrogens (tertiary/aromatic N) is 1. The first-order chi connectivity index (χ1) is 8.79. The summed E-state index contributed by atoms with van der Waals surface area (Å²) >= 11 is 0. The Morgan fingerprint density at radius 1 is 1.33 bits per heavy atom. The lowest BCUT2D eigenvalue weighted by molar-refractivity contribution is -0.0267. The Labute approximate surface area is 112 Å². The van der Waals surface area contributed by atoms with Crippen LogP contribution in [0.2, 0.25) is 0 Å². The van der Waals surface area contributed by atoms with Gasteiger partial charge in [0, 0.05) is 31.2 Å². The van der Waals surface area contributed by atoms with Gasteiger partial charge in [-0.1, -0.05) is 13.8 Å². The molecule has 1 N–H and O–H groups in total. The van der Waals surface area contributed by atoms with E-state index < -0.39 is 0 Å². The minimum atomic E-state index is 0.367. The Bertz CT molecular complexity index is 235. The van der Waals surface area contributed by atoms with Gasteiger partial charge in [0.05, 0.1) is 6.61 Å². The molecule has 0 amide bonds. The van der Waals surface area contributed by atoms with Crippen molar-refractivity contribution in [2.24, 2.45) is 5.41 Å². The summed E-state index contributed by atoms with van der Waals surface area (Å²) in [6.45, 7) is 11.1. The van der Waals surface area contributed by atoms with Gasteiger partial charge < -0.3 is 10.1 Å². The molecule has 2 fully saturated rings. The van der Waals surface area contributed by atoms with Crippen molar-refractivity contribution in [1.29, 1.82) is 0 Å². The maximum absolute atomic E-state index is 5.80. The normalized spacial score (nSPS) is 28.8. The average Bonchev–Trinajstić information content (AvgIpc) is 3.22. The fourth-order valence-corrected chi connectivity index (χ4v) is 3.13. The van der Waals surface area contributed by atoms with Crippen molar-refractivity contribution < 1.29 is 4.74 Å². The highest BCUT2D eigenvalue weighted by molar-refractivity contribution is 4.92. The molecule has 1 aliphatic heterocycles. The maximum atomic E-state index is 5.80. The smallest absolute Gasteiger partial charge is 0.0546 e. The summed E-state index contributed by atoms with van der Waals surface area (Å²) in [5.41, 5.74) is 0.367. The number of nitrogens with one attached hydrogen (secondary N) is 1. The van der Waals surface area contributed by atoms with Crippen LogP contribution in [0.5, 0.6) is 0 Å². The van der Waals surface area contributed by atoms with E-state index in [0.29, 0.717) is 5.41 Å². The van der Waals surface area contributed by atoms with Crippen LogP contribution in [0, 0.1) is 5.41 Å². The van der Waals surface area contributed by atoms with E-state index in [1.54, 1.807) is 0 Å². The molecule has 0 aromatic heterocycles. The zero-order valence-corrected chi connectivity index (χ0v) is 12.2. The molecule has 1 saturated carbocycles. The molecule has 1 heterocycles. The minimum Gasteiger partial charge on any atom is -0.381 e. The van der Waals surface area contributed by atoms with Crippen LogP contribution in [0.15, 0.2) is 0 Å². The molecular formula is C15H30N2O. The molecule has 2 rings (SSSR count). The fraction of sp³-hybridized carbons (Fsp3) is 1.00. The molecule has 18 heavy (non-hydrogen) atoms. The third-order valence-corrected chi connectivity index (χ3v) is 4.34. The van der Waals surface area contributed by atoms with Crippen LogP contribution in [0.1, 0.15) is 46.0 Å². The SMILES string of the molecule is CCCNCC1(CN(CC)C2CC2)CCCOC1. The van der Waals surface area contributed by atoms with Gasteiger partial charge in [0.2, 0.25) is 0 Å². The van der Waals surface area contributed by atoms with Gasteiger partial charge in [-0.15, -0.1) is 0 Å². The van der Waals surface area contributed by atoms with Gasteiger partial charge in [-0.2, -0.15) is 0 Å². The first kappa shape index (κ1) is 14.3. The Kier molecular flexibility index (Phi) is 5.46. The first-order valence-electron chi connectivity index (χ1n) is 7.82. The number of rotatable bonds is 8. The van der Waals surface area contributed by atoms with Crippen molar-refractivity contribution >= 4 is 0 Å². The first-order valence-corrected chi connectivity index (χ1v) is 7.82. The van der Waals surface area contributed by atoms with Crippen molar-refractivity contribution in [3.8, 4) is 0 Å². The standard InChI is InChI=1S/C15H30N2O/c1-3-9-16-11-15(8-5-10-18-13-15)12-17(4-2)14-6-7-14/h14,16H,3-13H2,1-2H3. The third-order valence-electron chi connectivity index (χ3n) is 4.34. The summed E-state index contributed by atoms with van der Waals surface area (Å²) < 4.78 is 5.80. The fourth-order valence-electron chi connectivity index (χ4n) is 3.13. The van der Waals surface area contributed by atoms with Crippen molar-refractivity contribution in [2.75, 3.05) is 39.4 Å². The molecule has 106 valence electrons. The van der Waals surface area contributed by atoms with Crippen molar-refractivity contribution in [1.82, 2.24) is 10.2 Å². The molecule has 0 bridgehead atoms. The topological polar surface area (TPSA) is 24.5 Å². The van der Waals surface area contributed by atoms with Crippen LogP contribution in [0.3, 0.4) is 0 Å². The van der Waals surface area contributed by atoms with Gasteiger partial charge >= 0.3 is 0 Å². The van der Waals surface area contributed by atoms with Crippen LogP contribution >= 0.6 is 0 Å². The lowest BCUT2D eigenvalue weighted by atomic mass is 9.81. The summed E-state index contributed by atoms with van der Waals surface area (Å²) in [6.07, 6.45) is 6.60. The third kappa shape index (κ3) is 3.94. The van der Waals surface area contributed by atoms with E-state index in [4.69, 9.17) is 4.74 Å². The summed E-state index contributed by atoms with van der Waals surface area (Å²) in [4.78, 5) is 2.68. The molecule has 2 aliphatic rings. The Balaban J connectivity index is 1.89. The second-order valence-corrected chi connectivity index (χ2v) is 6.13. The van der Waals surface area contributed by atoms with E-state index in [-0.39, 0.29) is 0 Å². The van der Waals surface area contributed by atoms with E-state index in [1.165, 1.54) is 45.2 Å². The number of ether oxygens (including phenoxy) is 1. The number of hydrogen-bond acceptors (Lipinski definition) is 3. The molecule has 1 unspecified atom stereocenters. The van der Waals surface area contributed by atoms with Crippen LogP contribution in [-0.4, -0.2) is 50.3 Å². The Hall–Kier alpha value is -0.120. The lowest BCUT2D eigenvalue weighted by Crippen LogP contribution is -2.49. The van der Waals surface area contributed by atoms with Crippen molar-refractivity contribution in [3.63, 3.8) is 0 Å². The highest BCUT2D eigenvalue weighted by Gasteiger charge is 2.38. The predicted octanol–water partition coefficient (Wildman–Crippen LogP) is 2.27. The van der Waals surface area contributed by atoms with Crippen LogP contribution in [0.4, 0.5) is 0 Å². The summed E-state index contributed by atoms with van der Waals surface area (Å²) in [6, 6.07) is 0.875. The second-order valence-electron chi connectivity index (χ2n) is 6.13. The largest absolute Gasteiger partial charge is 0.381 e. The van der Waals surface area contributed by atoms with E-state index in [9.17, 15) is 0 Å². The van der Waals surface area contributed by atoms with E-state index in [0.717, 1.165) is 32.3 Å². The maximum Gasteiger partial charge on any atom is 0.0546 e. The molecule has 1 saturated heterocycles. The Morgan fingerprint density at radius 3 is 2.72 bits per heavy atom. The lowest BCUT2D eigenvalue weighted by Gasteiger charge is -2.41. The van der Waals surface area contributed by atoms with Gasteiger partial charge in [0.25, 0.3) is 0 Å². The molecule has 0 radical (unpaired) electrons. The van der Waals surface area contributed by atoms with Crippen LogP contribution in [-0.2, 0) is 4.74 Å². The monoisotopic (exact) mass is 254 g/mol. The quantitative estimate of drug-likeness (QED) is 0.673. The van der Waals surface area contributed by atoms with E-state index >= 15 is 0 Å². The van der Waals surface area contributed by atoms with Crippen molar-refractivity contribution in [3.05, 3.63) is 0 Å². The molecule has 1 aliphatic carbocycles. The van der Waals surface area contributed by atoms with E-state index in [2.05, 4.69) is 24.1 Å². The molecule has 3 nitrogen and oxygen atoms in total. The molecular weight excluding hydrogens is 224 g/mol. The molecule has 0 spiro atoms. The highest BCUT2D eigenvalue weighted by Crippen LogP contribution is 2.34. The summed E-state index contributed by atoms with van der Waals surface area (Å²) in [5.74, 6) is 0. The second kappa shape index (κ2) is 6.88. The molecule has 0 aromatic carbocycles. The van der Waals surface area contributed by atoms with Crippen LogP contribution in [0.25, 0.3) is 0 Å². The van der Waals surface area contributed by atoms with Gasteiger partial charge in [-0.25, -0.2) is 0 Å². The average molecular weight is 254 g/mol. The summed E-state index contributed by atoms with van der Waals surface area (Å²) in [7, 11) is 0. The predicted molar refractivity (Wildman–Crippen MR) is 75.9 cm³/mol. The van der Waals surface area contributed by atoms with Crippen LogP contribution < -0.4 is 5.32 Å². The minimum absolute atomic E-state index is 0.367. The Morgan fingerprint density at radius 2 is 2.17 bits per heavy atom. The van der Waals surface area contributed by atoms with Gasteiger partial charge in [-0.05, 0) is 45.2 Å². The van der Waals surface area contributed by atoms with Gasteiger partial charge in [0.15, 0.2) is 0 Å². The summed E-state index contributed by atoms with van der Waals surface area (Å²) in [5, 5.41) is 3.63. The molecule has 1 atom stereocenters.